The second-order valence-electron chi connectivity index (χ2n) is 3.84. The third-order valence-electron chi connectivity index (χ3n) is 2.63. The van der Waals surface area contributed by atoms with Crippen molar-refractivity contribution < 1.29 is 9.50 Å². The Morgan fingerprint density at radius 2 is 2.05 bits per heavy atom. The fourth-order valence-electron chi connectivity index (χ4n) is 1.76. The molecule has 0 fully saturated rings. The number of nitrogens with one attached hydrogen (secondary N) is 1. The predicted octanol–water partition coefficient (Wildman–Crippen LogP) is 1.23. The maximum atomic E-state index is 13.7. The number of halogens is 1. The van der Waals surface area contributed by atoms with Crippen molar-refractivity contribution in [1.29, 1.82) is 0 Å². The molecule has 1 aromatic carbocycles. The van der Waals surface area contributed by atoms with Gasteiger partial charge in [-0.3, -0.25) is 14.3 Å². The zero-order valence-corrected chi connectivity index (χ0v) is 9.89. The van der Waals surface area contributed by atoms with Crippen molar-refractivity contribution in [2.75, 3.05) is 0 Å². The van der Waals surface area contributed by atoms with Gasteiger partial charge in [0.1, 0.15) is 11.4 Å². The summed E-state index contributed by atoms with van der Waals surface area (Å²) in [6.07, 6.45) is 1.38. The van der Waals surface area contributed by atoms with Gasteiger partial charge in [0.2, 0.25) is 5.88 Å². The lowest BCUT2D eigenvalue weighted by Gasteiger charge is -2.10. The largest absolute Gasteiger partial charge is 0.494 e. The second kappa shape index (κ2) is 4.93. The van der Waals surface area contributed by atoms with E-state index in [1.807, 2.05) is 4.98 Å². The zero-order chi connectivity index (χ0) is 14.0. The van der Waals surface area contributed by atoms with E-state index >= 15 is 0 Å². The van der Waals surface area contributed by atoms with Crippen molar-refractivity contribution in [3.8, 4) is 17.0 Å². The van der Waals surface area contributed by atoms with Crippen LogP contribution in [0.1, 0.15) is 0 Å². The van der Waals surface area contributed by atoms with E-state index in [4.69, 9.17) is 0 Å². The summed E-state index contributed by atoms with van der Waals surface area (Å²) in [5.41, 5.74) is -1.96. The van der Waals surface area contributed by atoms with Gasteiger partial charge in [-0.2, -0.15) is 0 Å². The molecule has 1 aromatic heterocycles. The van der Waals surface area contributed by atoms with Gasteiger partial charge in [0.05, 0.1) is 0 Å². The molecule has 2 N–H and O–H groups in total. The molecule has 0 amide bonds. The van der Waals surface area contributed by atoms with Gasteiger partial charge < -0.3 is 5.11 Å². The standard InChI is InChI=1S/C13H11FN2O3/c1-2-7-16-12(18)10(11(17)15-13(16)19)8-5-3-4-6-9(8)14/h2-6,18H,1,7H2,(H,15,17,19). The molecule has 0 saturated carbocycles. The Hall–Kier alpha value is -2.63. The third kappa shape index (κ3) is 2.20. The first-order chi connectivity index (χ1) is 9.06. The summed E-state index contributed by atoms with van der Waals surface area (Å²) < 4.78 is 14.6. The van der Waals surface area contributed by atoms with Crippen LogP contribution in [0, 0.1) is 5.82 Å². The van der Waals surface area contributed by atoms with Crippen molar-refractivity contribution in [1.82, 2.24) is 9.55 Å². The lowest BCUT2D eigenvalue weighted by molar-refractivity contribution is 0.413. The summed E-state index contributed by atoms with van der Waals surface area (Å²) in [5.74, 6) is -1.24. The Labute approximate surface area is 107 Å². The Morgan fingerprint density at radius 3 is 2.68 bits per heavy atom. The van der Waals surface area contributed by atoms with Crippen LogP contribution in [0.2, 0.25) is 0 Å². The highest BCUT2D eigenvalue weighted by Gasteiger charge is 2.17. The molecule has 19 heavy (non-hydrogen) atoms. The summed E-state index contributed by atoms with van der Waals surface area (Å²) in [6, 6.07) is 5.50. The maximum Gasteiger partial charge on any atom is 0.331 e. The molecule has 0 unspecified atom stereocenters. The van der Waals surface area contributed by atoms with E-state index in [0.29, 0.717) is 0 Å². The van der Waals surface area contributed by atoms with Gasteiger partial charge >= 0.3 is 5.69 Å². The van der Waals surface area contributed by atoms with Gasteiger partial charge in [-0.15, -0.1) is 6.58 Å². The van der Waals surface area contributed by atoms with Crippen LogP contribution in [0.15, 0.2) is 46.5 Å². The molecular formula is C13H11FN2O3. The SMILES string of the molecule is C=CCn1c(O)c(-c2ccccc2F)c(=O)[nH]c1=O. The molecule has 0 aliphatic rings. The average Bonchev–Trinajstić information content (AvgIpc) is 2.36. The van der Waals surface area contributed by atoms with Crippen LogP contribution in [0.4, 0.5) is 4.39 Å². The molecule has 1 heterocycles. The number of hydrogen-bond acceptors (Lipinski definition) is 3. The Kier molecular flexibility index (Phi) is 3.33. The number of aromatic hydroxyl groups is 1. The number of H-pyrrole nitrogens is 1. The molecule has 0 spiro atoms. The molecule has 0 aliphatic heterocycles. The van der Waals surface area contributed by atoms with Gasteiger partial charge in [0, 0.05) is 12.1 Å². The fourth-order valence-corrected chi connectivity index (χ4v) is 1.76. The Bertz CT molecular complexity index is 746. The molecule has 5 nitrogen and oxygen atoms in total. The van der Waals surface area contributed by atoms with Gasteiger partial charge in [-0.25, -0.2) is 9.18 Å². The van der Waals surface area contributed by atoms with E-state index in [2.05, 4.69) is 6.58 Å². The highest BCUT2D eigenvalue weighted by Crippen LogP contribution is 2.26. The summed E-state index contributed by atoms with van der Waals surface area (Å²) in [7, 11) is 0. The third-order valence-corrected chi connectivity index (χ3v) is 2.63. The summed E-state index contributed by atoms with van der Waals surface area (Å²) in [5, 5.41) is 9.99. The lowest BCUT2D eigenvalue weighted by atomic mass is 10.1. The first kappa shape index (κ1) is 12.8. The number of hydrogen-bond donors (Lipinski definition) is 2. The van der Waals surface area contributed by atoms with Crippen molar-refractivity contribution in [3.05, 3.63) is 63.6 Å². The van der Waals surface area contributed by atoms with Gasteiger partial charge in [-0.1, -0.05) is 24.3 Å². The van der Waals surface area contributed by atoms with Crippen LogP contribution in [-0.2, 0) is 6.54 Å². The molecular weight excluding hydrogens is 251 g/mol. The highest BCUT2D eigenvalue weighted by molar-refractivity contribution is 5.67. The second-order valence-corrected chi connectivity index (χ2v) is 3.84. The van der Waals surface area contributed by atoms with E-state index in [1.54, 1.807) is 0 Å². The number of rotatable bonds is 3. The number of aromatic amines is 1. The number of benzene rings is 1. The molecule has 6 heteroatoms. The maximum absolute atomic E-state index is 13.7. The average molecular weight is 262 g/mol. The number of nitrogens with zero attached hydrogens (tertiary/aromatic N) is 1. The van der Waals surface area contributed by atoms with Crippen LogP contribution < -0.4 is 11.2 Å². The van der Waals surface area contributed by atoms with E-state index in [9.17, 15) is 19.1 Å². The smallest absolute Gasteiger partial charge is 0.331 e. The number of aromatic nitrogens is 2. The molecule has 0 atom stereocenters. The fraction of sp³-hybridized carbons (Fsp3) is 0.0769. The van der Waals surface area contributed by atoms with Crippen molar-refractivity contribution in [2.45, 2.75) is 6.54 Å². The van der Waals surface area contributed by atoms with Crippen LogP contribution in [-0.4, -0.2) is 14.7 Å². The first-order valence-corrected chi connectivity index (χ1v) is 5.48. The van der Waals surface area contributed by atoms with Crippen LogP contribution in [0.5, 0.6) is 5.88 Å². The van der Waals surface area contributed by atoms with Gasteiger partial charge in [0.25, 0.3) is 5.56 Å². The zero-order valence-electron chi connectivity index (χ0n) is 9.89. The summed E-state index contributed by atoms with van der Waals surface area (Å²) >= 11 is 0. The molecule has 98 valence electrons. The molecule has 2 rings (SSSR count). The molecule has 0 saturated heterocycles. The van der Waals surface area contributed by atoms with Crippen LogP contribution in [0.25, 0.3) is 11.1 Å². The monoisotopic (exact) mass is 262 g/mol. The molecule has 0 radical (unpaired) electrons. The minimum absolute atomic E-state index is 0.00288. The van der Waals surface area contributed by atoms with Crippen molar-refractivity contribution in [2.24, 2.45) is 0 Å². The van der Waals surface area contributed by atoms with Gasteiger partial charge in [0.15, 0.2) is 0 Å². The quantitative estimate of drug-likeness (QED) is 0.817. The highest BCUT2D eigenvalue weighted by atomic mass is 19.1. The lowest BCUT2D eigenvalue weighted by Crippen LogP contribution is -2.30. The van der Waals surface area contributed by atoms with Gasteiger partial charge in [-0.05, 0) is 6.07 Å². The molecule has 2 aromatic rings. The topological polar surface area (TPSA) is 75.1 Å². The predicted molar refractivity (Wildman–Crippen MR) is 68.6 cm³/mol. The van der Waals surface area contributed by atoms with Crippen LogP contribution >= 0.6 is 0 Å². The van der Waals surface area contributed by atoms with E-state index in [0.717, 1.165) is 10.6 Å². The summed E-state index contributed by atoms with van der Waals surface area (Å²) in [4.78, 5) is 25.3. The van der Waals surface area contributed by atoms with Crippen molar-refractivity contribution in [3.63, 3.8) is 0 Å². The Morgan fingerprint density at radius 1 is 1.37 bits per heavy atom. The first-order valence-electron chi connectivity index (χ1n) is 5.48. The molecule has 0 bridgehead atoms. The normalized spacial score (nSPS) is 10.4. The minimum Gasteiger partial charge on any atom is -0.494 e. The summed E-state index contributed by atoms with van der Waals surface area (Å²) in [6.45, 7) is 3.45. The van der Waals surface area contributed by atoms with Crippen molar-refractivity contribution >= 4 is 0 Å². The van der Waals surface area contributed by atoms with E-state index < -0.39 is 22.9 Å². The van der Waals surface area contributed by atoms with Crippen LogP contribution in [0.3, 0.4) is 0 Å². The minimum atomic E-state index is -0.840. The molecule has 0 aliphatic carbocycles. The van der Waals surface area contributed by atoms with E-state index in [-0.39, 0.29) is 17.7 Å². The van der Waals surface area contributed by atoms with E-state index in [1.165, 1.54) is 24.3 Å². The number of allylic oxidation sites excluding steroid dienone is 1. The Balaban J connectivity index is 2.82.